The van der Waals surface area contributed by atoms with E-state index in [-0.39, 0.29) is 0 Å². The lowest BCUT2D eigenvalue weighted by Gasteiger charge is -2.04. The molecule has 0 aliphatic carbocycles. The molecule has 2 aromatic carbocycles. The molecule has 3 rings (SSSR count). The molecule has 106 valence electrons. The van der Waals surface area contributed by atoms with Gasteiger partial charge in [0.25, 0.3) is 0 Å². The van der Waals surface area contributed by atoms with Crippen LogP contribution in [-0.4, -0.2) is 12.0 Å². The van der Waals surface area contributed by atoms with Gasteiger partial charge in [-0.05, 0) is 36.4 Å². The van der Waals surface area contributed by atoms with E-state index in [2.05, 4.69) is 15.6 Å². The summed E-state index contributed by atoms with van der Waals surface area (Å²) in [4.78, 5) is 4.60. The molecule has 0 saturated heterocycles. The highest BCUT2D eigenvalue weighted by molar-refractivity contribution is 7.14. The summed E-state index contributed by atoms with van der Waals surface area (Å²) < 4.78 is 0. The second kappa shape index (κ2) is 6.16. The minimum atomic E-state index is 0.733. The summed E-state index contributed by atoms with van der Waals surface area (Å²) in [6.45, 7) is 0. The molecule has 2 N–H and O–H groups in total. The molecule has 0 saturated carbocycles. The molecule has 0 unspecified atom stereocenters. The van der Waals surface area contributed by atoms with Gasteiger partial charge >= 0.3 is 0 Å². The summed E-state index contributed by atoms with van der Waals surface area (Å²) in [6.07, 6.45) is 0. The summed E-state index contributed by atoms with van der Waals surface area (Å²) in [7, 11) is 1.90. The maximum Gasteiger partial charge on any atom is 0.187 e. The molecule has 0 aliphatic heterocycles. The Balaban J connectivity index is 1.76. The van der Waals surface area contributed by atoms with E-state index in [1.807, 2.05) is 61.0 Å². The molecule has 1 heterocycles. The quantitative estimate of drug-likeness (QED) is 0.690. The minimum Gasteiger partial charge on any atom is -0.388 e. The molecular formula is C16H14ClN3S. The molecule has 0 fully saturated rings. The van der Waals surface area contributed by atoms with Crippen molar-refractivity contribution in [3.05, 3.63) is 58.9 Å². The highest BCUT2D eigenvalue weighted by atomic mass is 35.5. The summed E-state index contributed by atoms with van der Waals surface area (Å²) >= 11 is 7.48. The lowest BCUT2D eigenvalue weighted by Crippen LogP contribution is -1.91. The van der Waals surface area contributed by atoms with Crippen LogP contribution in [0.5, 0.6) is 0 Å². The molecule has 5 heteroatoms. The minimum absolute atomic E-state index is 0.733. The van der Waals surface area contributed by atoms with Crippen LogP contribution in [0, 0.1) is 0 Å². The van der Waals surface area contributed by atoms with Crippen molar-refractivity contribution in [2.24, 2.45) is 0 Å². The monoisotopic (exact) mass is 315 g/mol. The Morgan fingerprint density at radius 3 is 2.29 bits per heavy atom. The normalized spacial score (nSPS) is 10.4. The van der Waals surface area contributed by atoms with Crippen molar-refractivity contribution >= 4 is 39.4 Å². The van der Waals surface area contributed by atoms with Crippen molar-refractivity contribution in [3.8, 4) is 11.3 Å². The number of nitrogens with zero attached hydrogens (tertiary/aromatic N) is 1. The second-order valence-corrected chi connectivity index (χ2v) is 5.79. The fraction of sp³-hybridized carbons (Fsp3) is 0.0625. The SMILES string of the molecule is CNc1ccc(Nc2nc(-c3ccc(Cl)cc3)cs2)cc1. The smallest absolute Gasteiger partial charge is 0.187 e. The zero-order chi connectivity index (χ0) is 14.7. The highest BCUT2D eigenvalue weighted by Crippen LogP contribution is 2.28. The Kier molecular flexibility index (Phi) is 4.08. The Morgan fingerprint density at radius 1 is 0.952 bits per heavy atom. The van der Waals surface area contributed by atoms with Gasteiger partial charge in [0.2, 0.25) is 0 Å². The molecular weight excluding hydrogens is 302 g/mol. The molecule has 0 spiro atoms. The van der Waals surface area contributed by atoms with Crippen LogP contribution in [0.15, 0.2) is 53.9 Å². The van der Waals surface area contributed by atoms with Gasteiger partial charge in [-0.25, -0.2) is 4.98 Å². The third kappa shape index (κ3) is 3.35. The van der Waals surface area contributed by atoms with E-state index in [0.717, 1.165) is 32.8 Å². The second-order valence-electron chi connectivity index (χ2n) is 4.50. The highest BCUT2D eigenvalue weighted by Gasteiger charge is 2.05. The van der Waals surface area contributed by atoms with Crippen molar-refractivity contribution in [2.45, 2.75) is 0 Å². The summed E-state index contributed by atoms with van der Waals surface area (Å²) in [6, 6.07) is 15.8. The first-order valence-electron chi connectivity index (χ1n) is 6.51. The molecule has 0 bridgehead atoms. The fourth-order valence-corrected chi connectivity index (χ4v) is 2.79. The maximum absolute atomic E-state index is 5.90. The molecule has 0 atom stereocenters. The van der Waals surface area contributed by atoms with Gasteiger partial charge in [-0.2, -0.15) is 0 Å². The van der Waals surface area contributed by atoms with Gasteiger partial charge in [0, 0.05) is 34.4 Å². The Hall–Kier alpha value is -2.04. The average Bonchev–Trinajstić information content (AvgIpc) is 2.97. The predicted molar refractivity (Wildman–Crippen MR) is 91.8 cm³/mol. The van der Waals surface area contributed by atoms with E-state index in [4.69, 9.17) is 11.6 Å². The van der Waals surface area contributed by atoms with E-state index in [1.165, 1.54) is 0 Å². The van der Waals surface area contributed by atoms with Crippen LogP contribution in [0.3, 0.4) is 0 Å². The van der Waals surface area contributed by atoms with E-state index in [1.54, 1.807) is 11.3 Å². The molecule has 3 nitrogen and oxygen atoms in total. The van der Waals surface area contributed by atoms with E-state index >= 15 is 0 Å². The van der Waals surface area contributed by atoms with E-state index < -0.39 is 0 Å². The molecule has 0 amide bonds. The van der Waals surface area contributed by atoms with Crippen molar-refractivity contribution in [3.63, 3.8) is 0 Å². The predicted octanol–water partition coefficient (Wildman–Crippen LogP) is 5.25. The Bertz CT molecular complexity index is 720. The van der Waals surface area contributed by atoms with Crippen LogP contribution in [-0.2, 0) is 0 Å². The van der Waals surface area contributed by atoms with Crippen LogP contribution in [0.1, 0.15) is 0 Å². The largest absolute Gasteiger partial charge is 0.388 e. The topological polar surface area (TPSA) is 37.0 Å². The van der Waals surface area contributed by atoms with Gasteiger partial charge in [0.1, 0.15) is 0 Å². The van der Waals surface area contributed by atoms with Crippen LogP contribution in [0.2, 0.25) is 5.02 Å². The third-order valence-electron chi connectivity index (χ3n) is 3.07. The summed E-state index contributed by atoms with van der Waals surface area (Å²) in [5, 5.41) is 10.0. The first-order chi connectivity index (χ1) is 10.2. The van der Waals surface area contributed by atoms with Gasteiger partial charge < -0.3 is 10.6 Å². The molecule has 0 radical (unpaired) electrons. The zero-order valence-corrected chi connectivity index (χ0v) is 13.0. The first kappa shape index (κ1) is 13.9. The fourth-order valence-electron chi connectivity index (χ4n) is 1.93. The molecule has 1 aromatic heterocycles. The van der Waals surface area contributed by atoms with Crippen molar-refractivity contribution < 1.29 is 0 Å². The number of hydrogen-bond acceptors (Lipinski definition) is 4. The summed E-state index contributed by atoms with van der Waals surface area (Å²) in [5.41, 5.74) is 4.12. The third-order valence-corrected chi connectivity index (χ3v) is 4.08. The average molecular weight is 316 g/mol. The number of hydrogen-bond donors (Lipinski definition) is 2. The van der Waals surface area contributed by atoms with E-state index in [9.17, 15) is 0 Å². The lowest BCUT2D eigenvalue weighted by atomic mass is 10.2. The number of benzene rings is 2. The Morgan fingerprint density at radius 2 is 1.62 bits per heavy atom. The molecule has 0 aliphatic rings. The van der Waals surface area contributed by atoms with Crippen LogP contribution < -0.4 is 10.6 Å². The van der Waals surface area contributed by atoms with E-state index in [0.29, 0.717) is 0 Å². The van der Waals surface area contributed by atoms with Gasteiger partial charge in [0.15, 0.2) is 5.13 Å². The summed E-state index contributed by atoms with van der Waals surface area (Å²) in [5.74, 6) is 0. The van der Waals surface area contributed by atoms with Gasteiger partial charge in [-0.3, -0.25) is 0 Å². The van der Waals surface area contributed by atoms with Crippen molar-refractivity contribution in [2.75, 3.05) is 17.7 Å². The molecule has 3 aromatic rings. The number of aromatic nitrogens is 1. The number of anilines is 3. The van der Waals surface area contributed by atoms with Gasteiger partial charge in [0.05, 0.1) is 5.69 Å². The molecule has 21 heavy (non-hydrogen) atoms. The van der Waals surface area contributed by atoms with Gasteiger partial charge in [-0.1, -0.05) is 23.7 Å². The van der Waals surface area contributed by atoms with Crippen molar-refractivity contribution in [1.82, 2.24) is 4.98 Å². The number of nitrogens with one attached hydrogen (secondary N) is 2. The number of halogens is 1. The van der Waals surface area contributed by atoms with Crippen molar-refractivity contribution in [1.29, 1.82) is 0 Å². The van der Waals surface area contributed by atoms with Gasteiger partial charge in [-0.15, -0.1) is 11.3 Å². The number of rotatable bonds is 4. The lowest BCUT2D eigenvalue weighted by molar-refractivity contribution is 1.38. The standard InChI is InChI=1S/C16H14ClN3S/c1-18-13-6-8-14(9-7-13)19-16-20-15(10-21-16)11-2-4-12(17)5-3-11/h2-10,18H,1H3,(H,19,20). The zero-order valence-electron chi connectivity index (χ0n) is 11.4. The number of thiazole rings is 1. The van der Waals surface area contributed by atoms with Crippen LogP contribution in [0.4, 0.5) is 16.5 Å². The Labute approximate surface area is 132 Å². The first-order valence-corrected chi connectivity index (χ1v) is 7.77. The maximum atomic E-state index is 5.90. The van der Waals surface area contributed by atoms with Crippen LogP contribution in [0.25, 0.3) is 11.3 Å². The van der Waals surface area contributed by atoms with Crippen LogP contribution >= 0.6 is 22.9 Å².